The summed E-state index contributed by atoms with van der Waals surface area (Å²) in [5.74, 6) is 4.33. The molecule has 0 saturated carbocycles. The number of amides is 1. The highest BCUT2D eigenvalue weighted by Gasteiger charge is 2.12. The number of hydrogen-bond acceptors (Lipinski definition) is 4. The third-order valence-electron chi connectivity index (χ3n) is 3.31. The molecule has 0 spiro atoms. The second-order valence-corrected chi connectivity index (χ2v) is 4.97. The van der Waals surface area contributed by atoms with E-state index in [1.807, 2.05) is 0 Å². The number of methoxy groups -OCH3 is 2. The van der Waals surface area contributed by atoms with E-state index in [0.29, 0.717) is 17.1 Å². The SMILES string of the molecule is COc1ccc(C(=O)NCC#CCOc2ccc(F)cc2F)c(OC)c1. The topological polar surface area (TPSA) is 56.8 Å². The molecule has 1 amide bonds. The van der Waals surface area contributed by atoms with Crippen molar-refractivity contribution in [3.8, 4) is 29.1 Å². The van der Waals surface area contributed by atoms with Crippen LogP contribution in [0.25, 0.3) is 0 Å². The maximum absolute atomic E-state index is 13.4. The van der Waals surface area contributed by atoms with Gasteiger partial charge >= 0.3 is 0 Å². The second kappa shape index (κ2) is 9.28. The highest BCUT2D eigenvalue weighted by Crippen LogP contribution is 2.24. The Labute approximate surface area is 149 Å². The smallest absolute Gasteiger partial charge is 0.255 e. The molecule has 0 bridgehead atoms. The molecular formula is C19H17F2NO4. The molecule has 0 heterocycles. The molecule has 0 saturated heterocycles. The molecule has 136 valence electrons. The molecule has 2 rings (SSSR count). The summed E-state index contributed by atoms with van der Waals surface area (Å²) in [7, 11) is 2.97. The normalized spacial score (nSPS) is 9.69. The Bertz CT molecular complexity index is 843. The van der Waals surface area contributed by atoms with Gasteiger partial charge in [0.15, 0.2) is 11.6 Å². The number of carbonyl (C=O) groups excluding carboxylic acids is 1. The van der Waals surface area contributed by atoms with Crippen LogP contribution < -0.4 is 19.5 Å². The van der Waals surface area contributed by atoms with E-state index in [1.165, 1.54) is 20.3 Å². The monoisotopic (exact) mass is 361 g/mol. The van der Waals surface area contributed by atoms with E-state index in [1.54, 1.807) is 18.2 Å². The molecule has 0 aliphatic carbocycles. The average molecular weight is 361 g/mol. The molecular weight excluding hydrogens is 344 g/mol. The lowest BCUT2D eigenvalue weighted by Gasteiger charge is -2.09. The summed E-state index contributed by atoms with van der Waals surface area (Å²) in [5, 5.41) is 2.62. The van der Waals surface area contributed by atoms with Gasteiger partial charge in [0.05, 0.1) is 26.3 Å². The number of benzene rings is 2. The Morgan fingerprint density at radius 1 is 1.04 bits per heavy atom. The summed E-state index contributed by atoms with van der Waals surface area (Å²) in [6, 6.07) is 7.84. The third-order valence-corrected chi connectivity index (χ3v) is 3.31. The molecule has 0 fully saturated rings. The molecule has 26 heavy (non-hydrogen) atoms. The van der Waals surface area contributed by atoms with Crippen LogP contribution in [-0.4, -0.2) is 33.3 Å². The zero-order valence-electron chi connectivity index (χ0n) is 14.3. The van der Waals surface area contributed by atoms with Crippen LogP contribution in [-0.2, 0) is 0 Å². The van der Waals surface area contributed by atoms with Gasteiger partial charge in [0.1, 0.15) is 23.9 Å². The van der Waals surface area contributed by atoms with Crippen molar-refractivity contribution in [2.45, 2.75) is 0 Å². The van der Waals surface area contributed by atoms with Crippen molar-refractivity contribution in [3.05, 3.63) is 53.6 Å². The maximum Gasteiger partial charge on any atom is 0.255 e. The average Bonchev–Trinajstić information content (AvgIpc) is 2.65. The minimum absolute atomic E-state index is 0.0727. The Balaban J connectivity index is 1.84. The van der Waals surface area contributed by atoms with Crippen LogP contribution in [0.15, 0.2) is 36.4 Å². The summed E-state index contributed by atoms with van der Waals surface area (Å²) < 4.78 is 41.4. The van der Waals surface area contributed by atoms with Crippen LogP contribution in [0.4, 0.5) is 8.78 Å². The largest absolute Gasteiger partial charge is 0.497 e. The van der Waals surface area contributed by atoms with E-state index in [-0.39, 0.29) is 24.8 Å². The van der Waals surface area contributed by atoms with E-state index in [9.17, 15) is 13.6 Å². The van der Waals surface area contributed by atoms with Gasteiger partial charge in [-0.25, -0.2) is 8.78 Å². The van der Waals surface area contributed by atoms with Gasteiger partial charge in [0, 0.05) is 12.1 Å². The van der Waals surface area contributed by atoms with Crippen LogP contribution in [0.2, 0.25) is 0 Å². The lowest BCUT2D eigenvalue weighted by atomic mass is 10.1. The van der Waals surface area contributed by atoms with E-state index < -0.39 is 11.6 Å². The fourth-order valence-corrected chi connectivity index (χ4v) is 2.03. The van der Waals surface area contributed by atoms with Gasteiger partial charge in [-0.3, -0.25) is 4.79 Å². The molecule has 2 aromatic rings. The highest BCUT2D eigenvalue weighted by atomic mass is 19.1. The van der Waals surface area contributed by atoms with Crippen LogP contribution in [0.5, 0.6) is 17.2 Å². The van der Waals surface area contributed by atoms with Crippen molar-refractivity contribution in [1.82, 2.24) is 5.32 Å². The van der Waals surface area contributed by atoms with Gasteiger partial charge in [0.25, 0.3) is 5.91 Å². The quantitative estimate of drug-likeness (QED) is 0.804. The Kier molecular flexibility index (Phi) is 6.80. The molecule has 0 radical (unpaired) electrons. The molecule has 0 aromatic heterocycles. The number of nitrogens with one attached hydrogen (secondary N) is 1. The lowest BCUT2D eigenvalue weighted by Crippen LogP contribution is -2.24. The number of hydrogen-bond donors (Lipinski definition) is 1. The van der Waals surface area contributed by atoms with Crippen molar-refractivity contribution in [2.24, 2.45) is 0 Å². The zero-order valence-corrected chi connectivity index (χ0v) is 14.3. The zero-order chi connectivity index (χ0) is 18.9. The van der Waals surface area contributed by atoms with E-state index in [2.05, 4.69) is 17.2 Å². The predicted octanol–water partition coefficient (Wildman–Crippen LogP) is 2.79. The summed E-state index contributed by atoms with van der Waals surface area (Å²) in [4.78, 5) is 12.1. The number of carbonyl (C=O) groups is 1. The molecule has 0 aliphatic heterocycles. The Hall–Kier alpha value is -3.27. The second-order valence-electron chi connectivity index (χ2n) is 4.97. The van der Waals surface area contributed by atoms with Gasteiger partial charge in [0.2, 0.25) is 0 Å². The minimum atomic E-state index is -0.799. The summed E-state index contributed by atoms with van der Waals surface area (Å²) in [6.07, 6.45) is 0. The minimum Gasteiger partial charge on any atom is -0.497 e. The summed E-state index contributed by atoms with van der Waals surface area (Å²) in [5.41, 5.74) is 0.347. The predicted molar refractivity (Wildman–Crippen MR) is 91.5 cm³/mol. The fourth-order valence-electron chi connectivity index (χ4n) is 2.03. The first kappa shape index (κ1) is 19.1. The summed E-state index contributed by atoms with van der Waals surface area (Å²) in [6.45, 7) is -0.0203. The number of halogens is 2. The fraction of sp³-hybridized carbons (Fsp3) is 0.211. The van der Waals surface area contributed by atoms with Gasteiger partial charge in [-0.15, -0.1) is 0 Å². The number of ether oxygens (including phenoxy) is 3. The molecule has 7 heteroatoms. The van der Waals surface area contributed by atoms with Gasteiger partial charge in [-0.2, -0.15) is 0 Å². The van der Waals surface area contributed by atoms with E-state index in [4.69, 9.17) is 14.2 Å². The summed E-state index contributed by atoms with van der Waals surface area (Å²) >= 11 is 0. The molecule has 0 aliphatic rings. The molecule has 0 unspecified atom stereocenters. The van der Waals surface area contributed by atoms with Crippen LogP contribution in [0.3, 0.4) is 0 Å². The lowest BCUT2D eigenvalue weighted by molar-refractivity contribution is 0.0955. The molecule has 2 aromatic carbocycles. The van der Waals surface area contributed by atoms with E-state index in [0.717, 1.165) is 12.1 Å². The standard InChI is InChI=1S/C19H17F2NO4/c1-24-14-6-7-15(18(12-14)25-2)19(23)22-9-3-4-10-26-17-8-5-13(20)11-16(17)21/h5-8,11-12H,9-10H2,1-2H3,(H,22,23). The van der Waals surface area contributed by atoms with Gasteiger partial charge < -0.3 is 19.5 Å². The first-order valence-corrected chi connectivity index (χ1v) is 7.59. The van der Waals surface area contributed by atoms with Gasteiger partial charge in [-0.1, -0.05) is 11.8 Å². The first-order chi connectivity index (χ1) is 12.5. The van der Waals surface area contributed by atoms with Crippen molar-refractivity contribution < 1.29 is 27.8 Å². The van der Waals surface area contributed by atoms with Crippen molar-refractivity contribution >= 4 is 5.91 Å². The molecule has 0 atom stereocenters. The number of rotatable bonds is 6. The van der Waals surface area contributed by atoms with Crippen LogP contribution >= 0.6 is 0 Å². The van der Waals surface area contributed by atoms with Crippen LogP contribution in [0, 0.1) is 23.5 Å². The van der Waals surface area contributed by atoms with Crippen LogP contribution in [0.1, 0.15) is 10.4 Å². The maximum atomic E-state index is 13.4. The van der Waals surface area contributed by atoms with Crippen molar-refractivity contribution in [1.29, 1.82) is 0 Å². The molecule has 1 N–H and O–H groups in total. The highest BCUT2D eigenvalue weighted by molar-refractivity contribution is 5.97. The van der Waals surface area contributed by atoms with Crippen molar-refractivity contribution in [2.75, 3.05) is 27.4 Å². The van der Waals surface area contributed by atoms with Crippen molar-refractivity contribution in [3.63, 3.8) is 0 Å². The van der Waals surface area contributed by atoms with Gasteiger partial charge in [-0.05, 0) is 24.3 Å². The third kappa shape index (κ3) is 5.11. The van der Waals surface area contributed by atoms with E-state index >= 15 is 0 Å². The molecule has 5 nitrogen and oxygen atoms in total. The Morgan fingerprint density at radius 2 is 1.85 bits per heavy atom. The first-order valence-electron chi connectivity index (χ1n) is 7.59. The Morgan fingerprint density at radius 3 is 2.54 bits per heavy atom.